The van der Waals surface area contributed by atoms with Crippen molar-refractivity contribution < 1.29 is 14.5 Å². The standard InChI is InChI=1S/C8H6N4O4/c1-16-8(13)6-3-2-5(12(14)15)7-10-9-4-11(6)7/h2-4H,1H3. The zero-order valence-electron chi connectivity index (χ0n) is 8.15. The molecule has 0 fully saturated rings. The Morgan fingerprint density at radius 1 is 1.56 bits per heavy atom. The van der Waals surface area contributed by atoms with E-state index in [0.717, 1.165) is 0 Å². The second-order valence-electron chi connectivity index (χ2n) is 2.88. The molecule has 0 spiro atoms. The fourth-order valence-electron chi connectivity index (χ4n) is 1.31. The Labute approximate surface area is 88.6 Å². The summed E-state index contributed by atoms with van der Waals surface area (Å²) >= 11 is 0. The van der Waals surface area contributed by atoms with Gasteiger partial charge in [0.1, 0.15) is 12.0 Å². The lowest BCUT2D eigenvalue weighted by Crippen LogP contribution is -2.08. The Morgan fingerprint density at radius 2 is 2.31 bits per heavy atom. The third-order valence-electron chi connectivity index (χ3n) is 2.03. The van der Waals surface area contributed by atoms with Crippen molar-refractivity contribution in [2.24, 2.45) is 0 Å². The first kappa shape index (κ1) is 10.0. The van der Waals surface area contributed by atoms with Gasteiger partial charge >= 0.3 is 11.7 Å². The monoisotopic (exact) mass is 222 g/mol. The summed E-state index contributed by atoms with van der Waals surface area (Å²) in [5.74, 6) is -0.611. The van der Waals surface area contributed by atoms with Crippen LogP contribution in [0.4, 0.5) is 5.69 Å². The first-order chi connectivity index (χ1) is 7.65. The number of carbonyl (C=O) groups excluding carboxylic acids is 1. The van der Waals surface area contributed by atoms with E-state index in [0.29, 0.717) is 0 Å². The summed E-state index contributed by atoms with van der Waals surface area (Å²) in [5, 5.41) is 17.8. The van der Waals surface area contributed by atoms with Crippen LogP contribution >= 0.6 is 0 Å². The minimum absolute atomic E-state index is 0.00731. The minimum Gasteiger partial charge on any atom is -0.464 e. The fraction of sp³-hybridized carbons (Fsp3) is 0.125. The molecule has 0 unspecified atom stereocenters. The van der Waals surface area contributed by atoms with E-state index in [4.69, 9.17) is 0 Å². The highest BCUT2D eigenvalue weighted by Crippen LogP contribution is 2.19. The van der Waals surface area contributed by atoms with Crippen LogP contribution < -0.4 is 0 Å². The first-order valence-corrected chi connectivity index (χ1v) is 4.20. The van der Waals surface area contributed by atoms with Crippen LogP contribution in [0.15, 0.2) is 18.5 Å². The van der Waals surface area contributed by atoms with Crippen LogP contribution in [0.5, 0.6) is 0 Å². The summed E-state index contributed by atoms with van der Waals surface area (Å²) in [5.41, 5.74) is -0.0776. The maximum Gasteiger partial charge on any atom is 0.355 e. The molecule has 0 saturated carbocycles. The van der Waals surface area contributed by atoms with Crippen molar-refractivity contribution in [3.63, 3.8) is 0 Å². The Morgan fingerprint density at radius 3 is 2.94 bits per heavy atom. The second-order valence-corrected chi connectivity index (χ2v) is 2.88. The molecule has 0 aromatic carbocycles. The molecule has 0 aliphatic carbocycles. The molecule has 2 rings (SSSR count). The molecule has 2 aromatic rings. The second kappa shape index (κ2) is 3.57. The average molecular weight is 222 g/mol. The number of pyridine rings is 1. The highest BCUT2D eigenvalue weighted by Gasteiger charge is 2.19. The molecule has 0 aliphatic heterocycles. The predicted octanol–water partition coefficient (Wildman–Crippen LogP) is 0.424. The van der Waals surface area contributed by atoms with E-state index in [1.165, 1.54) is 30.0 Å². The molecule has 16 heavy (non-hydrogen) atoms. The number of nitrogens with zero attached hydrogens (tertiary/aromatic N) is 4. The lowest BCUT2D eigenvalue weighted by atomic mass is 10.3. The summed E-state index contributed by atoms with van der Waals surface area (Å²) in [6.07, 6.45) is 1.22. The first-order valence-electron chi connectivity index (χ1n) is 4.20. The van der Waals surface area contributed by atoms with E-state index in [1.54, 1.807) is 0 Å². The maximum atomic E-state index is 11.3. The van der Waals surface area contributed by atoms with Crippen LogP contribution in [0.2, 0.25) is 0 Å². The van der Waals surface area contributed by atoms with Gasteiger partial charge in [0, 0.05) is 6.07 Å². The van der Waals surface area contributed by atoms with Gasteiger partial charge in [0.25, 0.3) is 0 Å². The molecule has 0 amide bonds. The fourth-order valence-corrected chi connectivity index (χ4v) is 1.31. The van der Waals surface area contributed by atoms with Gasteiger partial charge in [-0.05, 0) is 6.07 Å². The van der Waals surface area contributed by atoms with Gasteiger partial charge in [-0.15, -0.1) is 10.2 Å². The molecule has 0 N–H and O–H groups in total. The molecule has 0 atom stereocenters. The number of ether oxygens (including phenoxy) is 1. The van der Waals surface area contributed by atoms with Crippen molar-refractivity contribution in [3.05, 3.63) is 34.3 Å². The minimum atomic E-state index is -0.611. The number of aromatic nitrogens is 3. The Bertz CT molecular complexity index is 576. The van der Waals surface area contributed by atoms with Crippen LogP contribution in [0.3, 0.4) is 0 Å². The summed E-state index contributed by atoms with van der Waals surface area (Å²) < 4.78 is 5.74. The van der Waals surface area contributed by atoms with E-state index in [-0.39, 0.29) is 17.0 Å². The van der Waals surface area contributed by atoms with E-state index in [2.05, 4.69) is 14.9 Å². The quantitative estimate of drug-likeness (QED) is 0.414. The smallest absolute Gasteiger partial charge is 0.355 e. The summed E-state index contributed by atoms with van der Waals surface area (Å²) in [6, 6.07) is 2.48. The van der Waals surface area contributed by atoms with Gasteiger partial charge in [-0.2, -0.15) is 0 Å². The van der Waals surface area contributed by atoms with Crippen molar-refractivity contribution in [1.29, 1.82) is 0 Å². The molecule has 0 bridgehead atoms. The molecular weight excluding hydrogens is 216 g/mol. The molecule has 0 aliphatic rings. The number of esters is 1. The molecule has 0 saturated heterocycles. The topological polar surface area (TPSA) is 99.6 Å². The van der Waals surface area contributed by atoms with E-state index in [1.807, 2.05) is 0 Å². The number of hydrogen-bond donors (Lipinski definition) is 0. The molecule has 82 valence electrons. The van der Waals surface area contributed by atoms with Crippen molar-refractivity contribution >= 4 is 17.3 Å². The SMILES string of the molecule is COC(=O)c1ccc([N+](=O)[O-])c2nncn12. The van der Waals surface area contributed by atoms with Gasteiger partial charge in [0.2, 0.25) is 5.65 Å². The zero-order chi connectivity index (χ0) is 11.7. The normalized spacial score (nSPS) is 10.3. The van der Waals surface area contributed by atoms with Crippen LogP contribution in [0, 0.1) is 10.1 Å². The Hall–Kier alpha value is -2.51. The molecular formula is C8H6N4O4. The maximum absolute atomic E-state index is 11.3. The highest BCUT2D eigenvalue weighted by molar-refractivity contribution is 5.89. The van der Waals surface area contributed by atoms with Crippen LogP contribution in [-0.2, 0) is 4.74 Å². The summed E-state index contributed by atoms with van der Waals surface area (Å²) in [4.78, 5) is 21.4. The van der Waals surface area contributed by atoms with Crippen molar-refractivity contribution in [2.75, 3.05) is 7.11 Å². The third-order valence-corrected chi connectivity index (χ3v) is 2.03. The number of nitro groups is 1. The molecule has 8 nitrogen and oxygen atoms in total. The number of carbonyl (C=O) groups is 1. The molecule has 0 radical (unpaired) electrons. The van der Waals surface area contributed by atoms with Gasteiger partial charge in [-0.1, -0.05) is 0 Å². The highest BCUT2D eigenvalue weighted by atomic mass is 16.6. The average Bonchev–Trinajstić information content (AvgIpc) is 2.75. The van der Waals surface area contributed by atoms with Crippen molar-refractivity contribution in [1.82, 2.24) is 14.6 Å². The largest absolute Gasteiger partial charge is 0.464 e. The molecule has 2 aromatic heterocycles. The van der Waals surface area contributed by atoms with E-state index < -0.39 is 10.9 Å². The van der Waals surface area contributed by atoms with Gasteiger partial charge in [0.05, 0.1) is 12.0 Å². The van der Waals surface area contributed by atoms with Gasteiger partial charge < -0.3 is 4.74 Å². The van der Waals surface area contributed by atoms with Crippen molar-refractivity contribution in [3.8, 4) is 0 Å². The molecule has 2 heterocycles. The molecule has 8 heteroatoms. The lowest BCUT2D eigenvalue weighted by Gasteiger charge is -2.02. The lowest BCUT2D eigenvalue weighted by molar-refractivity contribution is -0.383. The van der Waals surface area contributed by atoms with Gasteiger partial charge in [-0.3, -0.25) is 14.5 Å². The van der Waals surface area contributed by atoms with Crippen LogP contribution in [0.1, 0.15) is 10.5 Å². The van der Waals surface area contributed by atoms with E-state index in [9.17, 15) is 14.9 Å². The number of hydrogen-bond acceptors (Lipinski definition) is 6. The summed E-state index contributed by atoms with van der Waals surface area (Å²) in [6.45, 7) is 0. The number of rotatable bonds is 2. The zero-order valence-corrected chi connectivity index (χ0v) is 8.15. The Kier molecular flexibility index (Phi) is 2.24. The van der Waals surface area contributed by atoms with Crippen LogP contribution in [-0.4, -0.2) is 32.6 Å². The van der Waals surface area contributed by atoms with Crippen LogP contribution in [0.25, 0.3) is 5.65 Å². The third kappa shape index (κ3) is 1.36. The summed E-state index contributed by atoms with van der Waals surface area (Å²) in [7, 11) is 1.22. The van der Waals surface area contributed by atoms with Crippen molar-refractivity contribution in [2.45, 2.75) is 0 Å². The van der Waals surface area contributed by atoms with Gasteiger partial charge in [0.15, 0.2) is 0 Å². The van der Waals surface area contributed by atoms with E-state index >= 15 is 0 Å². The number of methoxy groups -OCH3 is 1. The number of fused-ring (bicyclic) bond motifs is 1. The predicted molar refractivity (Wildman–Crippen MR) is 51.0 cm³/mol. The Balaban J connectivity index is 2.73. The van der Waals surface area contributed by atoms with Gasteiger partial charge in [-0.25, -0.2) is 4.79 Å².